The van der Waals surface area contributed by atoms with E-state index in [0.29, 0.717) is 6.04 Å². The summed E-state index contributed by atoms with van der Waals surface area (Å²) in [6.07, 6.45) is 5.48. The minimum atomic E-state index is 0.420. The molecule has 2 rings (SSSR count). The molecular weight excluding hydrogens is 248 g/mol. The Morgan fingerprint density at radius 3 is 2.30 bits per heavy atom. The van der Waals surface area contributed by atoms with Crippen LogP contribution in [0, 0.1) is 0 Å². The number of rotatable bonds is 6. The zero-order valence-corrected chi connectivity index (χ0v) is 12.9. The van der Waals surface area contributed by atoms with Crippen molar-refractivity contribution in [2.45, 2.75) is 38.6 Å². The van der Waals surface area contributed by atoms with Crippen molar-refractivity contribution in [1.82, 2.24) is 10.2 Å². The first kappa shape index (κ1) is 15.3. The molecule has 20 heavy (non-hydrogen) atoms. The third kappa shape index (κ3) is 4.50. The lowest BCUT2D eigenvalue weighted by Gasteiger charge is -2.27. The average molecular weight is 276 g/mol. The Morgan fingerprint density at radius 1 is 1.10 bits per heavy atom. The highest BCUT2D eigenvalue weighted by Crippen LogP contribution is 2.20. The van der Waals surface area contributed by atoms with Gasteiger partial charge in [0.2, 0.25) is 0 Å². The van der Waals surface area contributed by atoms with Gasteiger partial charge in [0, 0.05) is 12.6 Å². The molecule has 0 aromatic heterocycles. The van der Waals surface area contributed by atoms with E-state index in [-0.39, 0.29) is 0 Å². The van der Waals surface area contributed by atoms with Gasteiger partial charge in [-0.25, -0.2) is 0 Å². The third-order valence-corrected chi connectivity index (χ3v) is 4.11. The maximum Gasteiger partial charge on any atom is 0.118 e. The molecule has 3 heteroatoms. The van der Waals surface area contributed by atoms with Gasteiger partial charge < -0.3 is 15.0 Å². The van der Waals surface area contributed by atoms with Gasteiger partial charge in [-0.2, -0.15) is 0 Å². The van der Waals surface area contributed by atoms with Crippen molar-refractivity contribution in [3.05, 3.63) is 29.8 Å². The lowest BCUT2D eigenvalue weighted by atomic mass is 10.1. The van der Waals surface area contributed by atoms with E-state index in [2.05, 4.69) is 41.4 Å². The fourth-order valence-corrected chi connectivity index (χ4v) is 2.95. The molecule has 1 N–H and O–H groups in total. The van der Waals surface area contributed by atoms with Crippen LogP contribution in [0.2, 0.25) is 0 Å². The van der Waals surface area contributed by atoms with Gasteiger partial charge in [0.25, 0.3) is 0 Å². The van der Waals surface area contributed by atoms with Crippen LogP contribution in [0.25, 0.3) is 0 Å². The summed E-state index contributed by atoms with van der Waals surface area (Å²) >= 11 is 0. The minimum Gasteiger partial charge on any atom is -0.497 e. The van der Waals surface area contributed by atoms with E-state index in [4.69, 9.17) is 4.74 Å². The molecule has 1 atom stereocenters. The summed E-state index contributed by atoms with van der Waals surface area (Å²) in [5.41, 5.74) is 1.36. The molecule has 3 nitrogen and oxygen atoms in total. The summed E-state index contributed by atoms with van der Waals surface area (Å²) in [6, 6.07) is 8.90. The SMILES string of the molecule is CCNC(CN1CCCCCC1)c1ccc(OC)cc1. The van der Waals surface area contributed by atoms with E-state index < -0.39 is 0 Å². The van der Waals surface area contributed by atoms with Crippen molar-refractivity contribution in [2.75, 3.05) is 33.3 Å². The Labute approximate surface area is 123 Å². The molecule has 1 aliphatic rings. The number of hydrogen-bond acceptors (Lipinski definition) is 3. The first-order valence-corrected chi connectivity index (χ1v) is 7.93. The van der Waals surface area contributed by atoms with Crippen LogP contribution >= 0.6 is 0 Å². The van der Waals surface area contributed by atoms with Crippen LogP contribution in [0.4, 0.5) is 0 Å². The van der Waals surface area contributed by atoms with Crippen molar-refractivity contribution in [3.8, 4) is 5.75 Å². The first-order valence-electron chi connectivity index (χ1n) is 7.93. The van der Waals surface area contributed by atoms with Crippen LogP contribution in [0.3, 0.4) is 0 Å². The molecule has 0 saturated carbocycles. The van der Waals surface area contributed by atoms with E-state index in [1.54, 1.807) is 7.11 Å². The second-order valence-electron chi connectivity index (χ2n) is 5.60. The smallest absolute Gasteiger partial charge is 0.118 e. The van der Waals surface area contributed by atoms with Crippen LogP contribution in [-0.2, 0) is 0 Å². The molecule has 0 spiro atoms. The quantitative estimate of drug-likeness (QED) is 0.863. The first-order chi connectivity index (χ1) is 9.83. The highest BCUT2D eigenvalue weighted by molar-refractivity contribution is 5.29. The molecule has 1 aromatic rings. The van der Waals surface area contributed by atoms with Gasteiger partial charge in [0.15, 0.2) is 0 Å². The maximum atomic E-state index is 5.24. The van der Waals surface area contributed by atoms with E-state index in [9.17, 15) is 0 Å². The van der Waals surface area contributed by atoms with Crippen molar-refractivity contribution in [3.63, 3.8) is 0 Å². The molecule has 112 valence electrons. The second-order valence-corrected chi connectivity index (χ2v) is 5.60. The number of likely N-dealkylation sites (tertiary alicyclic amines) is 1. The summed E-state index contributed by atoms with van der Waals surface area (Å²) in [4.78, 5) is 2.62. The minimum absolute atomic E-state index is 0.420. The number of nitrogens with one attached hydrogen (secondary N) is 1. The fourth-order valence-electron chi connectivity index (χ4n) is 2.95. The Hall–Kier alpha value is -1.06. The number of hydrogen-bond donors (Lipinski definition) is 1. The zero-order valence-electron chi connectivity index (χ0n) is 12.9. The Bertz CT molecular complexity index is 369. The number of likely N-dealkylation sites (N-methyl/N-ethyl adjacent to an activating group) is 1. The number of nitrogens with zero attached hydrogens (tertiary/aromatic N) is 1. The van der Waals surface area contributed by atoms with Gasteiger partial charge in [0.1, 0.15) is 5.75 Å². The highest BCUT2D eigenvalue weighted by atomic mass is 16.5. The highest BCUT2D eigenvalue weighted by Gasteiger charge is 2.16. The molecule has 1 aliphatic heterocycles. The van der Waals surface area contributed by atoms with Crippen molar-refractivity contribution in [2.24, 2.45) is 0 Å². The summed E-state index contributed by atoms with van der Waals surface area (Å²) in [5.74, 6) is 0.929. The van der Waals surface area contributed by atoms with E-state index in [1.165, 1.54) is 44.3 Å². The predicted molar refractivity (Wildman–Crippen MR) is 84.3 cm³/mol. The van der Waals surface area contributed by atoms with Crippen LogP contribution < -0.4 is 10.1 Å². The van der Waals surface area contributed by atoms with Crippen molar-refractivity contribution < 1.29 is 4.74 Å². The van der Waals surface area contributed by atoms with Gasteiger partial charge >= 0.3 is 0 Å². The molecule has 0 aliphatic carbocycles. The molecule has 1 heterocycles. The van der Waals surface area contributed by atoms with Crippen LogP contribution in [0.15, 0.2) is 24.3 Å². The molecular formula is C17H28N2O. The summed E-state index contributed by atoms with van der Waals surface area (Å²) < 4.78 is 5.24. The fraction of sp³-hybridized carbons (Fsp3) is 0.647. The molecule has 1 unspecified atom stereocenters. The van der Waals surface area contributed by atoms with E-state index in [0.717, 1.165) is 18.8 Å². The molecule has 0 radical (unpaired) electrons. The standard InChI is InChI=1S/C17H28N2O/c1-3-18-17(14-19-12-6-4-5-7-13-19)15-8-10-16(20-2)11-9-15/h8-11,17-18H,3-7,12-14H2,1-2H3. The lowest BCUT2D eigenvalue weighted by Crippen LogP contribution is -2.35. The zero-order chi connectivity index (χ0) is 14.2. The maximum absolute atomic E-state index is 5.24. The van der Waals surface area contributed by atoms with Gasteiger partial charge in [-0.1, -0.05) is 31.9 Å². The van der Waals surface area contributed by atoms with E-state index >= 15 is 0 Å². The topological polar surface area (TPSA) is 24.5 Å². The summed E-state index contributed by atoms with van der Waals surface area (Å²) in [6.45, 7) is 6.79. The normalized spacial score (nSPS) is 18.5. The Morgan fingerprint density at radius 2 is 1.75 bits per heavy atom. The van der Waals surface area contributed by atoms with Gasteiger partial charge in [0.05, 0.1) is 7.11 Å². The Balaban J connectivity index is 2.00. The van der Waals surface area contributed by atoms with Crippen LogP contribution in [-0.4, -0.2) is 38.2 Å². The van der Waals surface area contributed by atoms with Crippen LogP contribution in [0.1, 0.15) is 44.2 Å². The number of methoxy groups -OCH3 is 1. The lowest BCUT2D eigenvalue weighted by molar-refractivity contribution is 0.252. The number of benzene rings is 1. The van der Waals surface area contributed by atoms with Gasteiger partial charge in [-0.15, -0.1) is 0 Å². The third-order valence-electron chi connectivity index (χ3n) is 4.11. The molecule has 0 amide bonds. The second kappa shape index (κ2) is 8.28. The van der Waals surface area contributed by atoms with E-state index in [1.807, 2.05) is 0 Å². The Kier molecular flexibility index (Phi) is 6.34. The largest absolute Gasteiger partial charge is 0.497 e. The predicted octanol–water partition coefficient (Wildman–Crippen LogP) is 3.22. The molecule has 1 saturated heterocycles. The monoisotopic (exact) mass is 276 g/mol. The molecule has 0 bridgehead atoms. The van der Waals surface area contributed by atoms with Gasteiger partial charge in [-0.05, 0) is 50.2 Å². The van der Waals surface area contributed by atoms with Gasteiger partial charge in [-0.3, -0.25) is 0 Å². The summed E-state index contributed by atoms with van der Waals surface area (Å²) in [7, 11) is 1.72. The molecule has 1 aromatic carbocycles. The number of ether oxygens (including phenoxy) is 1. The average Bonchev–Trinajstić information content (AvgIpc) is 2.76. The van der Waals surface area contributed by atoms with Crippen molar-refractivity contribution >= 4 is 0 Å². The molecule has 1 fully saturated rings. The van der Waals surface area contributed by atoms with Crippen molar-refractivity contribution in [1.29, 1.82) is 0 Å². The summed E-state index contributed by atoms with van der Waals surface area (Å²) in [5, 5.41) is 3.62. The van der Waals surface area contributed by atoms with Crippen LogP contribution in [0.5, 0.6) is 5.75 Å².